The molecule has 0 unspecified atom stereocenters. The standard InChI is InChI=1S/C23H21ClN4O3/c1-23(2,3)31-22(29)28-19(13-17-18(24)8-11-27-21(17)28)15-7-10-26-20(12-15)30-14-16-6-4-5-9-25-16/h4-13H,14H2,1-3H3. The van der Waals surface area contributed by atoms with Crippen LogP contribution in [0.1, 0.15) is 26.5 Å². The Kier molecular flexibility index (Phi) is 5.61. The molecule has 0 aliphatic rings. The van der Waals surface area contributed by atoms with Crippen LogP contribution in [0.2, 0.25) is 5.02 Å². The van der Waals surface area contributed by atoms with Gasteiger partial charge in [-0.05, 0) is 51.1 Å². The minimum Gasteiger partial charge on any atom is -0.471 e. The van der Waals surface area contributed by atoms with Crippen LogP contribution in [-0.4, -0.2) is 31.2 Å². The SMILES string of the molecule is CC(C)(C)OC(=O)n1c(-c2ccnc(OCc3ccccn3)c2)cc2c(Cl)ccnc21. The van der Waals surface area contributed by atoms with E-state index in [-0.39, 0.29) is 6.61 Å². The molecule has 0 spiro atoms. The summed E-state index contributed by atoms with van der Waals surface area (Å²) < 4.78 is 12.8. The zero-order valence-corrected chi connectivity index (χ0v) is 18.1. The van der Waals surface area contributed by atoms with Crippen molar-refractivity contribution in [3.8, 4) is 17.1 Å². The van der Waals surface area contributed by atoms with Gasteiger partial charge in [-0.3, -0.25) is 4.98 Å². The van der Waals surface area contributed by atoms with Gasteiger partial charge in [0.1, 0.15) is 12.2 Å². The van der Waals surface area contributed by atoms with Gasteiger partial charge in [0.2, 0.25) is 5.88 Å². The third-order valence-corrected chi connectivity index (χ3v) is 4.68. The molecule has 0 N–H and O–H groups in total. The summed E-state index contributed by atoms with van der Waals surface area (Å²) in [5, 5.41) is 1.15. The summed E-state index contributed by atoms with van der Waals surface area (Å²) in [5.41, 5.74) is 1.83. The lowest BCUT2D eigenvalue weighted by molar-refractivity contribution is 0.0546. The molecular weight excluding hydrogens is 416 g/mol. The first kappa shape index (κ1) is 20.8. The molecule has 0 atom stereocenters. The summed E-state index contributed by atoms with van der Waals surface area (Å²) >= 11 is 6.37. The molecule has 0 saturated heterocycles. The highest BCUT2D eigenvalue weighted by molar-refractivity contribution is 6.35. The number of hydrogen-bond acceptors (Lipinski definition) is 6. The van der Waals surface area contributed by atoms with Gasteiger partial charge in [0, 0.05) is 35.6 Å². The second-order valence-corrected chi connectivity index (χ2v) is 8.28. The lowest BCUT2D eigenvalue weighted by Crippen LogP contribution is -2.27. The van der Waals surface area contributed by atoms with Crippen LogP contribution in [0.25, 0.3) is 22.3 Å². The summed E-state index contributed by atoms with van der Waals surface area (Å²) in [4.78, 5) is 25.9. The molecule has 0 aliphatic heterocycles. The van der Waals surface area contributed by atoms with Crippen molar-refractivity contribution in [2.45, 2.75) is 33.0 Å². The summed E-state index contributed by atoms with van der Waals surface area (Å²) in [5.74, 6) is 0.406. The largest absolute Gasteiger partial charge is 0.471 e. The maximum Gasteiger partial charge on any atom is 0.420 e. The van der Waals surface area contributed by atoms with Crippen molar-refractivity contribution < 1.29 is 14.3 Å². The first-order valence-corrected chi connectivity index (χ1v) is 10.1. The fraction of sp³-hybridized carbons (Fsp3) is 0.217. The third kappa shape index (κ3) is 4.67. The van der Waals surface area contributed by atoms with Gasteiger partial charge in [-0.1, -0.05) is 17.7 Å². The fourth-order valence-electron chi connectivity index (χ4n) is 3.05. The second-order valence-electron chi connectivity index (χ2n) is 7.87. The van der Waals surface area contributed by atoms with E-state index in [1.165, 1.54) is 4.57 Å². The van der Waals surface area contributed by atoms with E-state index >= 15 is 0 Å². The molecular formula is C23H21ClN4O3. The Morgan fingerprint density at radius 3 is 2.58 bits per heavy atom. The zero-order chi connectivity index (χ0) is 22.0. The average Bonchev–Trinajstić information content (AvgIpc) is 3.13. The zero-order valence-electron chi connectivity index (χ0n) is 17.4. The van der Waals surface area contributed by atoms with Gasteiger partial charge < -0.3 is 9.47 Å². The molecule has 4 rings (SSSR count). The number of carbonyl (C=O) groups excluding carboxylic acids is 1. The highest BCUT2D eigenvalue weighted by atomic mass is 35.5. The number of halogens is 1. The van der Waals surface area contributed by atoms with E-state index < -0.39 is 11.7 Å². The predicted molar refractivity (Wildman–Crippen MR) is 118 cm³/mol. The average molecular weight is 437 g/mol. The van der Waals surface area contributed by atoms with Crippen LogP contribution in [0.15, 0.2) is 61.1 Å². The minimum atomic E-state index is -0.668. The maximum absolute atomic E-state index is 13.0. The van der Waals surface area contributed by atoms with Crippen molar-refractivity contribution in [3.05, 3.63) is 71.8 Å². The van der Waals surface area contributed by atoms with E-state index in [0.717, 1.165) is 5.69 Å². The molecule has 4 heterocycles. The Bertz CT molecular complexity index is 1230. The first-order chi connectivity index (χ1) is 14.8. The third-order valence-electron chi connectivity index (χ3n) is 4.35. The van der Waals surface area contributed by atoms with Crippen molar-refractivity contribution >= 4 is 28.7 Å². The summed E-state index contributed by atoms with van der Waals surface area (Å²) in [7, 11) is 0. The van der Waals surface area contributed by atoms with Gasteiger partial charge in [-0.25, -0.2) is 19.3 Å². The van der Waals surface area contributed by atoms with Gasteiger partial charge in [-0.15, -0.1) is 0 Å². The van der Waals surface area contributed by atoms with Crippen LogP contribution in [0.5, 0.6) is 5.88 Å². The second kappa shape index (κ2) is 8.35. The lowest BCUT2D eigenvalue weighted by atomic mass is 10.2. The molecule has 4 aromatic heterocycles. The Balaban J connectivity index is 1.74. The molecule has 0 bridgehead atoms. The number of hydrogen-bond donors (Lipinski definition) is 0. The van der Waals surface area contributed by atoms with Gasteiger partial charge in [0.15, 0.2) is 5.65 Å². The summed E-state index contributed by atoms with van der Waals surface area (Å²) in [6.45, 7) is 5.71. The Morgan fingerprint density at radius 2 is 1.84 bits per heavy atom. The number of ether oxygens (including phenoxy) is 2. The Labute approximate surface area is 184 Å². The number of pyridine rings is 3. The number of rotatable bonds is 4. The molecule has 0 saturated carbocycles. The van der Waals surface area contributed by atoms with Crippen LogP contribution in [-0.2, 0) is 11.3 Å². The van der Waals surface area contributed by atoms with E-state index in [2.05, 4.69) is 15.0 Å². The molecule has 0 fully saturated rings. The molecule has 0 aromatic carbocycles. The van der Waals surface area contributed by atoms with Crippen molar-refractivity contribution in [1.29, 1.82) is 0 Å². The van der Waals surface area contributed by atoms with Crippen molar-refractivity contribution in [2.75, 3.05) is 0 Å². The fourth-order valence-corrected chi connectivity index (χ4v) is 3.25. The quantitative estimate of drug-likeness (QED) is 0.419. The van der Waals surface area contributed by atoms with Crippen molar-refractivity contribution in [3.63, 3.8) is 0 Å². The van der Waals surface area contributed by atoms with Crippen molar-refractivity contribution in [1.82, 2.24) is 19.5 Å². The summed E-state index contributed by atoms with van der Waals surface area (Å²) in [6.07, 6.45) is 4.34. The number of nitrogens with zero attached hydrogens (tertiary/aromatic N) is 4. The molecule has 0 amide bonds. The highest BCUT2D eigenvalue weighted by Crippen LogP contribution is 2.33. The highest BCUT2D eigenvalue weighted by Gasteiger charge is 2.24. The monoisotopic (exact) mass is 436 g/mol. The van der Waals surface area contributed by atoms with Crippen LogP contribution >= 0.6 is 11.6 Å². The van der Waals surface area contributed by atoms with E-state index in [0.29, 0.717) is 33.2 Å². The molecule has 158 valence electrons. The number of fused-ring (bicyclic) bond motifs is 1. The van der Waals surface area contributed by atoms with E-state index in [1.807, 2.05) is 45.0 Å². The van der Waals surface area contributed by atoms with E-state index in [4.69, 9.17) is 21.1 Å². The Morgan fingerprint density at radius 1 is 1.03 bits per heavy atom. The van der Waals surface area contributed by atoms with E-state index in [1.54, 1.807) is 36.8 Å². The molecule has 4 aromatic rings. The number of aromatic nitrogens is 4. The molecule has 7 nitrogen and oxygen atoms in total. The first-order valence-electron chi connectivity index (χ1n) is 9.70. The lowest BCUT2D eigenvalue weighted by Gasteiger charge is -2.20. The van der Waals surface area contributed by atoms with Crippen molar-refractivity contribution in [2.24, 2.45) is 0 Å². The normalized spacial score (nSPS) is 11.5. The van der Waals surface area contributed by atoms with Gasteiger partial charge >= 0.3 is 6.09 Å². The Hall–Kier alpha value is -3.45. The van der Waals surface area contributed by atoms with Crippen LogP contribution < -0.4 is 4.74 Å². The molecule has 31 heavy (non-hydrogen) atoms. The van der Waals surface area contributed by atoms with E-state index in [9.17, 15) is 4.79 Å². The molecule has 0 radical (unpaired) electrons. The van der Waals surface area contributed by atoms with Gasteiger partial charge in [0.25, 0.3) is 0 Å². The van der Waals surface area contributed by atoms with Crippen LogP contribution in [0.4, 0.5) is 4.79 Å². The predicted octanol–water partition coefficient (Wildman–Crippen LogP) is 5.51. The molecule has 0 aliphatic carbocycles. The minimum absolute atomic E-state index is 0.278. The summed E-state index contributed by atoms with van der Waals surface area (Å²) in [6, 6.07) is 12.6. The van der Waals surface area contributed by atoms with Crippen LogP contribution in [0, 0.1) is 0 Å². The van der Waals surface area contributed by atoms with Gasteiger partial charge in [-0.2, -0.15) is 0 Å². The topological polar surface area (TPSA) is 79.1 Å². The van der Waals surface area contributed by atoms with Crippen LogP contribution in [0.3, 0.4) is 0 Å². The van der Waals surface area contributed by atoms with Gasteiger partial charge in [0.05, 0.1) is 16.4 Å². The molecule has 8 heteroatoms. The maximum atomic E-state index is 13.0. The smallest absolute Gasteiger partial charge is 0.420 e. The number of carbonyl (C=O) groups is 1.